The number of carbonyl (C=O) groups excluding carboxylic acids is 2. The Labute approximate surface area is 112 Å². The summed E-state index contributed by atoms with van der Waals surface area (Å²) in [6, 6.07) is 0.643. The normalized spacial score (nSPS) is 12.6. The van der Waals surface area contributed by atoms with Crippen LogP contribution in [0.15, 0.2) is 18.3 Å². The van der Waals surface area contributed by atoms with Gasteiger partial charge in [0.1, 0.15) is 5.82 Å². The maximum atomic E-state index is 12.3. The second kappa shape index (κ2) is 6.22. The Morgan fingerprint density at radius 3 is 2.50 bits per heavy atom. The highest BCUT2D eigenvalue weighted by Crippen LogP contribution is 2.28. The number of primary amides is 1. The fourth-order valence-corrected chi connectivity index (χ4v) is 1.36. The third-order valence-corrected chi connectivity index (χ3v) is 2.22. The standard InChI is InChI=1S/C11H13F3N4O2/c1-6(4-8(15)19)17-10(20)18-9-3-2-7(5-16-9)11(12,13)14/h2-3,5-6H,4H2,1H3,(H2,15,19)(H2,16,17,18,20). The van der Waals surface area contributed by atoms with Crippen LogP contribution in [-0.2, 0) is 11.0 Å². The number of urea groups is 1. The maximum absolute atomic E-state index is 12.3. The fraction of sp³-hybridized carbons (Fsp3) is 0.364. The quantitative estimate of drug-likeness (QED) is 0.783. The topological polar surface area (TPSA) is 97.1 Å². The Bertz CT molecular complexity index is 487. The van der Waals surface area contributed by atoms with Gasteiger partial charge < -0.3 is 11.1 Å². The van der Waals surface area contributed by atoms with Gasteiger partial charge in [-0.3, -0.25) is 10.1 Å². The second-order valence-corrected chi connectivity index (χ2v) is 4.10. The number of hydrogen-bond donors (Lipinski definition) is 3. The van der Waals surface area contributed by atoms with Crippen LogP contribution in [0.4, 0.5) is 23.8 Å². The minimum absolute atomic E-state index is 0.0400. The number of halogens is 3. The first kappa shape index (κ1) is 15.7. The lowest BCUT2D eigenvalue weighted by molar-refractivity contribution is -0.137. The van der Waals surface area contributed by atoms with E-state index in [0.29, 0.717) is 6.20 Å². The van der Waals surface area contributed by atoms with Gasteiger partial charge in [-0.15, -0.1) is 0 Å². The van der Waals surface area contributed by atoms with Crippen molar-refractivity contribution in [3.8, 4) is 0 Å². The van der Waals surface area contributed by atoms with Gasteiger partial charge in [-0.1, -0.05) is 0 Å². The van der Waals surface area contributed by atoms with Crippen LogP contribution in [0.25, 0.3) is 0 Å². The molecule has 0 fully saturated rings. The first-order valence-electron chi connectivity index (χ1n) is 5.57. The van der Waals surface area contributed by atoms with E-state index < -0.39 is 29.7 Å². The van der Waals surface area contributed by atoms with E-state index >= 15 is 0 Å². The number of nitrogens with two attached hydrogens (primary N) is 1. The lowest BCUT2D eigenvalue weighted by Gasteiger charge is -2.13. The summed E-state index contributed by atoms with van der Waals surface area (Å²) in [6.07, 6.45) is -3.92. The number of nitrogens with zero attached hydrogens (tertiary/aromatic N) is 1. The average molecular weight is 290 g/mol. The number of nitrogens with one attached hydrogen (secondary N) is 2. The zero-order chi connectivity index (χ0) is 15.3. The maximum Gasteiger partial charge on any atom is 0.417 e. The van der Waals surface area contributed by atoms with Gasteiger partial charge >= 0.3 is 12.2 Å². The van der Waals surface area contributed by atoms with Crippen molar-refractivity contribution in [3.63, 3.8) is 0 Å². The Balaban J connectivity index is 2.56. The Kier molecular flexibility index (Phi) is 4.89. The SMILES string of the molecule is CC(CC(N)=O)NC(=O)Nc1ccc(C(F)(F)F)cn1. The molecule has 1 atom stereocenters. The molecule has 0 aliphatic heterocycles. The molecule has 0 aliphatic rings. The summed E-state index contributed by atoms with van der Waals surface area (Å²) < 4.78 is 36.9. The predicted molar refractivity (Wildman–Crippen MR) is 64.7 cm³/mol. The molecule has 20 heavy (non-hydrogen) atoms. The smallest absolute Gasteiger partial charge is 0.370 e. The fourth-order valence-electron chi connectivity index (χ4n) is 1.36. The predicted octanol–water partition coefficient (Wildman–Crippen LogP) is 1.49. The zero-order valence-electron chi connectivity index (χ0n) is 10.5. The van der Waals surface area contributed by atoms with Gasteiger partial charge in [0.05, 0.1) is 5.56 Å². The molecule has 3 amide bonds. The van der Waals surface area contributed by atoms with Gasteiger partial charge in [-0.2, -0.15) is 13.2 Å². The van der Waals surface area contributed by atoms with E-state index in [4.69, 9.17) is 5.73 Å². The van der Waals surface area contributed by atoms with E-state index in [1.807, 2.05) is 0 Å². The van der Waals surface area contributed by atoms with E-state index in [-0.39, 0.29) is 12.2 Å². The molecule has 1 aromatic heterocycles. The first-order chi connectivity index (χ1) is 9.18. The van der Waals surface area contributed by atoms with Gasteiger partial charge in [0, 0.05) is 18.7 Å². The Morgan fingerprint density at radius 1 is 1.40 bits per heavy atom. The third kappa shape index (κ3) is 5.12. The molecule has 4 N–H and O–H groups in total. The zero-order valence-corrected chi connectivity index (χ0v) is 10.5. The lowest BCUT2D eigenvalue weighted by Crippen LogP contribution is -2.38. The number of hydrogen-bond acceptors (Lipinski definition) is 3. The average Bonchev–Trinajstić information content (AvgIpc) is 2.26. The van der Waals surface area contributed by atoms with Crippen molar-refractivity contribution >= 4 is 17.8 Å². The number of aromatic nitrogens is 1. The summed E-state index contributed by atoms with van der Waals surface area (Å²) in [6.45, 7) is 1.56. The summed E-state index contributed by atoms with van der Waals surface area (Å²) in [5.74, 6) is -0.618. The molecule has 1 rings (SSSR count). The van der Waals surface area contributed by atoms with Crippen LogP contribution in [0.2, 0.25) is 0 Å². The van der Waals surface area contributed by atoms with Crippen molar-refractivity contribution in [1.29, 1.82) is 0 Å². The minimum Gasteiger partial charge on any atom is -0.370 e. The number of amides is 3. The van der Waals surface area contributed by atoms with Crippen LogP contribution in [0.5, 0.6) is 0 Å². The molecule has 0 aromatic carbocycles. The van der Waals surface area contributed by atoms with Crippen LogP contribution in [0.1, 0.15) is 18.9 Å². The number of carbonyl (C=O) groups is 2. The molecule has 1 aromatic rings. The van der Waals surface area contributed by atoms with Gasteiger partial charge in [-0.25, -0.2) is 9.78 Å². The molecule has 6 nitrogen and oxygen atoms in total. The van der Waals surface area contributed by atoms with Gasteiger partial charge in [0.25, 0.3) is 0 Å². The molecule has 1 unspecified atom stereocenters. The molecule has 0 saturated carbocycles. The van der Waals surface area contributed by atoms with E-state index in [1.165, 1.54) is 0 Å². The highest BCUT2D eigenvalue weighted by atomic mass is 19.4. The van der Waals surface area contributed by atoms with Crippen molar-refractivity contribution in [2.45, 2.75) is 25.6 Å². The van der Waals surface area contributed by atoms with Crippen LogP contribution >= 0.6 is 0 Å². The molecule has 0 saturated heterocycles. The molecule has 1 heterocycles. The molecular weight excluding hydrogens is 277 g/mol. The van der Waals surface area contributed by atoms with Crippen molar-refractivity contribution in [2.75, 3.05) is 5.32 Å². The molecule has 9 heteroatoms. The second-order valence-electron chi connectivity index (χ2n) is 4.10. The van der Waals surface area contributed by atoms with Crippen molar-refractivity contribution < 1.29 is 22.8 Å². The van der Waals surface area contributed by atoms with Crippen LogP contribution in [-0.4, -0.2) is 23.0 Å². The summed E-state index contributed by atoms with van der Waals surface area (Å²) in [7, 11) is 0. The van der Waals surface area contributed by atoms with Crippen molar-refractivity contribution in [3.05, 3.63) is 23.9 Å². The molecule has 0 bridgehead atoms. The van der Waals surface area contributed by atoms with Crippen LogP contribution in [0.3, 0.4) is 0 Å². The summed E-state index contributed by atoms with van der Waals surface area (Å²) in [5, 5.41) is 4.64. The highest BCUT2D eigenvalue weighted by molar-refractivity contribution is 5.88. The third-order valence-electron chi connectivity index (χ3n) is 2.22. The Hall–Kier alpha value is -2.32. The van der Waals surface area contributed by atoms with Gasteiger partial charge in [0.15, 0.2) is 0 Å². The van der Waals surface area contributed by atoms with Gasteiger partial charge in [0.2, 0.25) is 5.91 Å². The van der Waals surface area contributed by atoms with Crippen molar-refractivity contribution in [1.82, 2.24) is 10.3 Å². The van der Waals surface area contributed by atoms with E-state index in [0.717, 1.165) is 12.1 Å². The number of rotatable bonds is 4. The number of pyridine rings is 1. The van der Waals surface area contributed by atoms with Crippen LogP contribution < -0.4 is 16.4 Å². The van der Waals surface area contributed by atoms with E-state index in [1.54, 1.807) is 6.92 Å². The molecule has 110 valence electrons. The lowest BCUT2D eigenvalue weighted by atomic mass is 10.2. The largest absolute Gasteiger partial charge is 0.417 e. The molecular formula is C11H13F3N4O2. The molecule has 0 aliphatic carbocycles. The Morgan fingerprint density at radius 2 is 2.05 bits per heavy atom. The minimum atomic E-state index is -4.48. The van der Waals surface area contributed by atoms with Crippen molar-refractivity contribution in [2.24, 2.45) is 5.73 Å². The van der Waals surface area contributed by atoms with Gasteiger partial charge in [-0.05, 0) is 19.1 Å². The van der Waals surface area contributed by atoms with Crippen LogP contribution in [0, 0.1) is 0 Å². The monoisotopic (exact) mass is 290 g/mol. The highest BCUT2D eigenvalue weighted by Gasteiger charge is 2.30. The molecule has 0 spiro atoms. The summed E-state index contributed by atoms with van der Waals surface area (Å²) in [4.78, 5) is 25.5. The number of anilines is 1. The number of alkyl halides is 3. The first-order valence-corrected chi connectivity index (χ1v) is 5.57. The van der Waals surface area contributed by atoms with E-state index in [2.05, 4.69) is 15.6 Å². The summed E-state index contributed by atoms with van der Waals surface area (Å²) in [5.41, 5.74) is 4.04. The van der Waals surface area contributed by atoms with E-state index in [9.17, 15) is 22.8 Å². The molecule has 0 radical (unpaired) electrons. The summed E-state index contributed by atoms with van der Waals surface area (Å²) >= 11 is 0.